The van der Waals surface area contributed by atoms with Crippen molar-refractivity contribution in [3.8, 4) is 0 Å². The maximum Gasteiger partial charge on any atom is 0.221 e. The van der Waals surface area contributed by atoms with Crippen LogP contribution in [-0.2, 0) is 4.79 Å². The van der Waals surface area contributed by atoms with E-state index in [4.69, 9.17) is 18.0 Å². The second-order valence-corrected chi connectivity index (χ2v) is 6.61. The van der Waals surface area contributed by atoms with Gasteiger partial charge < -0.3 is 11.1 Å². The quantitative estimate of drug-likeness (QED) is 0.731. The smallest absolute Gasteiger partial charge is 0.221 e. The zero-order chi connectivity index (χ0) is 14.6. The maximum absolute atomic E-state index is 12.1. The molecule has 18 heavy (non-hydrogen) atoms. The molecule has 0 saturated heterocycles. The lowest BCUT2D eigenvalue weighted by atomic mass is 9.79. The summed E-state index contributed by atoms with van der Waals surface area (Å²) >= 11 is 5.10. The molecule has 0 saturated carbocycles. The first-order valence-corrected chi connectivity index (χ1v) is 7.10. The van der Waals surface area contributed by atoms with Crippen molar-refractivity contribution in [1.29, 1.82) is 0 Å². The normalized spacial score (nSPS) is 14.1. The molecule has 0 rings (SSSR count). The molecular weight excluding hydrogens is 244 g/mol. The highest BCUT2D eigenvalue weighted by Crippen LogP contribution is 2.28. The summed E-state index contributed by atoms with van der Waals surface area (Å²) in [6.07, 6.45) is 1.97. The summed E-state index contributed by atoms with van der Waals surface area (Å²) in [6, 6.07) is 0. The summed E-state index contributed by atoms with van der Waals surface area (Å²) in [7, 11) is 0. The first-order valence-electron chi connectivity index (χ1n) is 6.70. The van der Waals surface area contributed by atoms with E-state index in [1.54, 1.807) is 0 Å². The molecule has 0 aromatic carbocycles. The minimum atomic E-state index is -0.524. The zero-order valence-electron chi connectivity index (χ0n) is 12.6. The molecule has 1 amide bonds. The van der Waals surface area contributed by atoms with Crippen molar-refractivity contribution in [2.45, 2.75) is 66.3 Å². The van der Waals surface area contributed by atoms with Gasteiger partial charge in [0.05, 0.1) is 10.5 Å². The number of carbonyl (C=O) groups is 1. The van der Waals surface area contributed by atoms with Gasteiger partial charge in [-0.15, -0.1) is 0 Å². The summed E-state index contributed by atoms with van der Waals surface area (Å²) in [5.41, 5.74) is 5.38. The van der Waals surface area contributed by atoms with Gasteiger partial charge in [0.1, 0.15) is 0 Å². The van der Waals surface area contributed by atoms with E-state index < -0.39 is 5.54 Å². The summed E-state index contributed by atoms with van der Waals surface area (Å²) in [4.78, 5) is 12.5. The SMILES string of the molecule is CCC(CC)(NC(=O)CC(C)C(C)(C)C)C(N)=S. The van der Waals surface area contributed by atoms with E-state index in [1.165, 1.54) is 0 Å². The minimum Gasteiger partial charge on any atom is -0.391 e. The summed E-state index contributed by atoms with van der Waals surface area (Å²) in [5.74, 6) is 0.351. The van der Waals surface area contributed by atoms with E-state index in [0.717, 1.165) is 12.8 Å². The molecule has 1 atom stereocenters. The van der Waals surface area contributed by atoms with Crippen molar-refractivity contribution in [1.82, 2.24) is 5.32 Å². The van der Waals surface area contributed by atoms with Gasteiger partial charge >= 0.3 is 0 Å². The van der Waals surface area contributed by atoms with Crippen LogP contribution >= 0.6 is 12.2 Å². The summed E-state index contributed by atoms with van der Waals surface area (Å²) in [5, 5.41) is 3.03. The number of nitrogens with two attached hydrogens (primary N) is 1. The lowest BCUT2D eigenvalue weighted by Crippen LogP contribution is -2.56. The van der Waals surface area contributed by atoms with Crippen molar-refractivity contribution >= 4 is 23.1 Å². The predicted molar refractivity (Wildman–Crippen MR) is 81.5 cm³/mol. The fourth-order valence-electron chi connectivity index (χ4n) is 1.74. The molecule has 0 aliphatic heterocycles. The standard InChI is InChI=1S/C14H28N2OS/c1-7-14(8-2,12(15)18)16-11(17)9-10(3)13(4,5)6/h10H,7-9H2,1-6H3,(H2,15,18)(H,16,17). The van der Waals surface area contributed by atoms with E-state index in [0.29, 0.717) is 17.3 Å². The van der Waals surface area contributed by atoms with Crippen LogP contribution in [0.4, 0.5) is 0 Å². The molecule has 3 nitrogen and oxygen atoms in total. The molecule has 0 bridgehead atoms. The van der Waals surface area contributed by atoms with Crippen molar-refractivity contribution in [2.24, 2.45) is 17.1 Å². The molecule has 0 aliphatic carbocycles. The van der Waals surface area contributed by atoms with Gasteiger partial charge in [-0.1, -0.05) is 53.8 Å². The Kier molecular flexibility index (Phi) is 6.27. The lowest BCUT2D eigenvalue weighted by Gasteiger charge is -2.33. The van der Waals surface area contributed by atoms with Gasteiger partial charge in [0.25, 0.3) is 0 Å². The van der Waals surface area contributed by atoms with E-state index in [-0.39, 0.29) is 11.3 Å². The summed E-state index contributed by atoms with van der Waals surface area (Å²) < 4.78 is 0. The summed E-state index contributed by atoms with van der Waals surface area (Å²) in [6.45, 7) is 12.5. The van der Waals surface area contributed by atoms with Crippen LogP contribution < -0.4 is 11.1 Å². The Morgan fingerprint density at radius 3 is 2.00 bits per heavy atom. The van der Waals surface area contributed by atoms with E-state index >= 15 is 0 Å². The molecule has 106 valence electrons. The van der Waals surface area contributed by atoms with Crippen LogP contribution in [0.25, 0.3) is 0 Å². The fraction of sp³-hybridized carbons (Fsp3) is 0.857. The van der Waals surface area contributed by atoms with Crippen LogP contribution in [0.5, 0.6) is 0 Å². The fourth-order valence-corrected chi connectivity index (χ4v) is 2.08. The molecule has 0 spiro atoms. The third kappa shape index (κ3) is 4.56. The molecule has 0 aliphatic rings. The largest absolute Gasteiger partial charge is 0.391 e. The van der Waals surface area contributed by atoms with Crippen LogP contribution in [0.3, 0.4) is 0 Å². The van der Waals surface area contributed by atoms with Gasteiger partial charge in [-0.25, -0.2) is 0 Å². The Morgan fingerprint density at radius 1 is 1.28 bits per heavy atom. The molecule has 1 unspecified atom stereocenters. The molecule has 0 fully saturated rings. The number of rotatable bonds is 6. The average Bonchev–Trinajstić information content (AvgIpc) is 2.24. The van der Waals surface area contributed by atoms with E-state index in [9.17, 15) is 4.79 Å². The highest BCUT2D eigenvalue weighted by molar-refractivity contribution is 7.80. The van der Waals surface area contributed by atoms with Gasteiger partial charge in [-0.2, -0.15) is 0 Å². The highest BCUT2D eigenvalue weighted by atomic mass is 32.1. The van der Waals surface area contributed by atoms with Gasteiger partial charge in [-0.3, -0.25) is 4.79 Å². The Morgan fingerprint density at radius 2 is 1.72 bits per heavy atom. The molecule has 0 radical (unpaired) electrons. The van der Waals surface area contributed by atoms with E-state index in [1.807, 2.05) is 13.8 Å². The van der Waals surface area contributed by atoms with Gasteiger partial charge in [0, 0.05) is 6.42 Å². The molecule has 0 aromatic rings. The van der Waals surface area contributed by atoms with Crippen LogP contribution in [-0.4, -0.2) is 16.4 Å². The van der Waals surface area contributed by atoms with Crippen molar-refractivity contribution in [3.63, 3.8) is 0 Å². The molecule has 4 heteroatoms. The third-order valence-corrected chi connectivity index (χ3v) is 4.42. The third-order valence-electron chi connectivity index (χ3n) is 4.03. The Labute approximate surface area is 117 Å². The number of nitrogens with one attached hydrogen (secondary N) is 1. The molecular formula is C14H28N2OS. The topological polar surface area (TPSA) is 55.1 Å². The average molecular weight is 272 g/mol. The number of hydrogen-bond acceptors (Lipinski definition) is 2. The van der Waals surface area contributed by atoms with Crippen LogP contribution in [0.15, 0.2) is 0 Å². The molecule has 3 N–H and O–H groups in total. The number of thiocarbonyl (C=S) groups is 1. The predicted octanol–water partition coefficient (Wildman–Crippen LogP) is 3.02. The van der Waals surface area contributed by atoms with Crippen LogP contribution in [0, 0.1) is 11.3 Å². The second-order valence-electron chi connectivity index (χ2n) is 6.17. The van der Waals surface area contributed by atoms with Crippen molar-refractivity contribution in [2.75, 3.05) is 0 Å². The van der Waals surface area contributed by atoms with Crippen molar-refractivity contribution in [3.05, 3.63) is 0 Å². The highest BCUT2D eigenvalue weighted by Gasteiger charge is 2.32. The van der Waals surface area contributed by atoms with E-state index in [2.05, 4.69) is 33.0 Å². The lowest BCUT2D eigenvalue weighted by molar-refractivity contribution is -0.124. The van der Waals surface area contributed by atoms with Gasteiger partial charge in [-0.05, 0) is 24.2 Å². The second kappa shape index (κ2) is 6.50. The zero-order valence-corrected chi connectivity index (χ0v) is 13.4. The van der Waals surface area contributed by atoms with Crippen LogP contribution in [0.2, 0.25) is 0 Å². The monoisotopic (exact) mass is 272 g/mol. The van der Waals surface area contributed by atoms with Gasteiger partial charge in [0.2, 0.25) is 5.91 Å². The number of amides is 1. The first-order chi connectivity index (χ1) is 8.09. The Bertz CT molecular complexity index is 303. The molecule has 0 heterocycles. The number of hydrogen-bond donors (Lipinski definition) is 2. The van der Waals surface area contributed by atoms with Crippen molar-refractivity contribution < 1.29 is 4.79 Å². The van der Waals surface area contributed by atoms with Crippen LogP contribution in [0.1, 0.15) is 60.8 Å². The Balaban J connectivity index is 4.69. The maximum atomic E-state index is 12.1. The Hall–Kier alpha value is -0.640. The number of carbonyl (C=O) groups excluding carboxylic acids is 1. The minimum absolute atomic E-state index is 0.0360. The first kappa shape index (κ1) is 17.4. The van der Waals surface area contributed by atoms with Gasteiger partial charge in [0.15, 0.2) is 0 Å². The molecule has 0 aromatic heterocycles.